The predicted molar refractivity (Wildman–Crippen MR) is 178 cm³/mol. The molecular formula is C29H21N5O4S5. The second-order valence-corrected chi connectivity index (χ2v) is 13.8. The fourth-order valence-electron chi connectivity index (χ4n) is 4.01. The van der Waals surface area contributed by atoms with Crippen LogP contribution in [-0.2, 0) is 15.3 Å². The second-order valence-electron chi connectivity index (χ2n) is 8.84. The van der Waals surface area contributed by atoms with Crippen molar-refractivity contribution in [3.8, 4) is 11.5 Å². The topological polar surface area (TPSA) is 107 Å². The number of thiocarbonyl (C=S) groups is 1. The van der Waals surface area contributed by atoms with E-state index in [-0.39, 0.29) is 18.4 Å². The fourth-order valence-corrected chi connectivity index (χ4v) is 8.12. The molecule has 14 heteroatoms. The third-order valence-corrected chi connectivity index (χ3v) is 10.5. The minimum absolute atomic E-state index is 0.188. The number of amides is 2. The van der Waals surface area contributed by atoms with E-state index in [0.717, 1.165) is 30.8 Å². The molecule has 9 nitrogen and oxygen atoms in total. The molecule has 6 rings (SSSR count). The van der Waals surface area contributed by atoms with E-state index in [1.807, 2.05) is 54.6 Å². The van der Waals surface area contributed by atoms with Crippen LogP contribution in [0.15, 0.2) is 82.0 Å². The molecule has 216 valence electrons. The molecule has 0 spiro atoms. The highest BCUT2D eigenvalue weighted by molar-refractivity contribution is 8.27. The normalized spacial score (nSPS) is 14.1. The monoisotopic (exact) mass is 663 g/mol. The van der Waals surface area contributed by atoms with Gasteiger partial charge in [-0.3, -0.25) is 19.8 Å². The molecule has 0 bridgehead atoms. The number of anilines is 2. The average molecular weight is 664 g/mol. The Hall–Kier alpha value is -3.82. The number of nitrogens with zero attached hydrogens (tertiary/aromatic N) is 4. The molecule has 3 heterocycles. The molecule has 1 aliphatic rings. The van der Waals surface area contributed by atoms with Gasteiger partial charge in [-0.2, -0.15) is 0 Å². The van der Waals surface area contributed by atoms with Crippen molar-refractivity contribution in [3.63, 3.8) is 0 Å². The number of fused-ring (bicyclic) bond motifs is 1. The number of nitrogens with one attached hydrogen (secondary N) is 1. The van der Waals surface area contributed by atoms with Crippen molar-refractivity contribution in [2.45, 2.75) is 10.1 Å². The molecule has 1 saturated heterocycles. The van der Waals surface area contributed by atoms with Gasteiger partial charge in [-0.1, -0.05) is 83.5 Å². The Morgan fingerprint density at radius 2 is 1.86 bits per heavy atom. The number of carbonyl (C=O) groups is 2. The fraction of sp³-hybridized carbons (Fsp3) is 0.103. The number of para-hydroxylation sites is 2. The molecule has 3 aromatic carbocycles. The quantitative estimate of drug-likeness (QED) is 0.0967. The zero-order chi connectivity index (χ0) is 29.8. The van der Waals surface area contributed by atoms with Crippen molar-refractivity contribution < 1.29 is 19.1 Å². The Labute approximate surface area is 268 Å². The van der Waals surface area contributed by atoms with Crippen LogP contribution < -0.4 is 19.7 Å². The Balaban J connectivity index is 1.03. The van der Waals surface area contributed by atoms with Crippen LogP contribution in [0.5, 0.6) is 11.5 Å². The third kappa shape index (κ3) is 6.89. The lowest BCUT2D eigenvalue weighted by Gasteiger charge is -2.13. The summed E-state index contributed by atoms with van der Waals surface area (Å²) in [6.45, 7) is -0.249. The van der Waals surface area contributed by atoms with E-state index >= 15 is 0 Å². The Morgan fingerprint density at radius 3 is 2.67 bits per heavy atom. The largest absolute Gasteiger partial charge is 0.493 e. The molecular weight excluding hydrogens is 643 g/mol. The van der Waals surface area contributed by atoms with Gasteiger partial charge in [0.1, 0.15) is 5.01 Å². The number of hydrogen-bond acceptors (Lipinski definition) is 12. The van der Waals surface area contributed by atoms with E-state index in [1.165, 1.54) is 35.1 Å². The average Bonchev–Trinajstić information content (AvgIpc) is 3.72. The van der Waals surface area contributed by atoms with Gasteiger partial charge >= 0.3 is 0 Å². The van der Waals surface area contributed by atoms with E-state index in [2.05, 4.69) is 20.5 Å². The summed E-state index contributed by atoms with van der Waals surface area (Å²) in [5.74, 6) is 0.843. The molecule has 0 atom stereocenters. The lowest BCUT2D eigenvalue weighted by Crippen LogP contribution is -2.27. The number of aromatic nitrogens is 3. The van der Waals surface area contributed by atoms with Gasteiger partial charge < -0.3 is 9.47 Å². The molecule has 5 aromatic rings. The van der Waals surface area contributed by atoms with Gasteiger partial charge in [0, 0.05) is 0 Å². The maximum absolute atomic E-state index is 13.0. The van der Waals surface area contributed by atoms with E-state index in [4.69, 9.17) is 21.7 Å². The first-order chi connectivity index (χ1) is 21.0. The molecule has 0 radical (unpaired) electrons. The van der Waals surface area contributed by atoms with Crippen LogP contribution in [-0.4, -0.2) is 45.0 Å². The molecule has 2 aromatic heterocycles. The Morgan fingerprint density at radius 1 is 1.05 bits per heavy atom. The first kappa shape index (κ1) is 29.3. The summed E-state index contributed by atoms with van der Waals surface area (Å²) < 4.78 is 13.8. The summed E-state index contributed by atoms with van der Waals surface area (Å²) in [6, 6.07) is 22.5. The van der Waals surface area contributed by atoms with Crippen molar-refractivity contribution in [2.24, 2.45) is 0 Å². The Bertz CT molecular complexity index is 1820. The predicted octanol–water partition coefficient (Wildman–Crippen LogP) is 6.87. The van der Waals surface area contributed by atoms with Crippen molar-refractivity contribution in [2.75, 3.05) is 23.9 Å². The standard InChI is InChI=1S/C29H21N5O4S5/c1-37-21-13-17(14-23-26(36)34(29(39)42-23)18-7-3-2-4-8-18)11-12-20(21)38-15-24(35)31-27-33-32-25(43-27)16-40-28-30-19-9-5-6-10-22(19)41-28/h2-14H,15-16H2,1H3,(H,31,33,35)/b23-14-. The van der Waals surface area contributed by atoms with Gasteiger partial charge in [0.05, 0.1) is 33.7 Å². The minimum atomic E-state index is -0.378. The van der Waals surface area contributed by atoms with E-state index < -0.39 is 0 Å². The van der Waals surface area contributed by atoms with Gasteiger partial charge in [0.2, 0.25) is 5.13 Å². The number of hydrogen-bond donors (Lipinski definition) is 1. The summed E-state index contributed by atoms with van der Waals surface area (Å²) in [5, 5.41) is 12.1. The molecule has 2 amide bonds. The summed E-state index contributed by atoms with van der Waals surface area (Å²) >= 11 is 11.2. The molecule has 43 heavy (non-hydrogen) atoms. The minimum Gasteiger partial charge on any atom is -0.493 e. The van der Waals surface area contributed by atoms with Crippen LogP contribution in [0.3, 0.4) is 0 Å². The number of carbonyl (C=O) groups excluding carboxylic acids is 2. The molecule has 0 aliphatic carbocycles. The van der Waals surface area contributed by atoms with Crippen molar-refractivity contribution in [1.29, 1.82) is 0 Å². The van der Waals surface area contributed by atoms with E-state index in [0.29, 0.717) is 31.6 Å². The zero-order valence-electron chi connectivity index (χ0n) is 22.4. The summed E-state index contributed by atoms with van der Waals surface area (Å²) in [6.07, 6.45) is 1.75. The van der Waals surface area contributed by atoms with Crippen molar-refractivity contribution >= 4 is 102 Å². The first-order valence-corrected chi connectivity index (χ1v) is 16.6. The summed E-state index contributed by atoms with van der Waals surface area (Å²) in [5.41, 5.74) is 2.43. The van der Waals surface area contributed by atoms with Crippen LogP contribution in [0, 0.1) is 0 Å². The van der Waals surface area contributed by atoms with Crippen molar-refractivity contribution in [3.05, 3.63) is 88.3 Å². The number of benzene rings is 3. The number of thiazole rings is 1. The molecule has 0 unspecified atom stereocenters. The van der Waals surface area contributed by atoms with E-state index in [1.54, 1.807) is 47.4 Å². The number of ether oxygens (including phenoxy) is 2. The van der Waals surface area contributed by atoms with Crippen LogP contribution in [0.2, 0.25) is 0 Å². The maximum Gasteiger partial charge on any atom is 0.270 e. The lowest BCUT2D eigenvalue weighted by molar-refractivity contribution is -0.118. The zero-order valence-corrected chi connectivity index (χ0v) is 26.5. The highest BCUT2D eigenvalue weighted by Crippen LogP contribution is 2.37. The van der Waals surface area contributed by atoms with Gasteiger partial charge in [0.15, 0.2) is 26.8 Å². The molecule has 1 fully saturated rings. The van der Waals surface area contributed by atoms with Crippen LogP contribution in [0.4, 0.5) is 10.8 Å². The highest BCUT2D eigenvalue weighted by Gasteiger charge is 2.33. The molecule has 0 saturated carbocycles. The first-order valence-electron chi connectivity index (χ1n) is 12.7. The highest BCUT2D eigenvalue weighted by atomic mass is 32.2. The van der Waals surface area contributed by atoms with Crippen molar-refractivity contribution in [1.82, 2.24) is 15.2 Å². The number of thioether (sulfide) groups is 2. The van der Waals surface area contributed by atoms with Crippen LogP contribution in [0.25, 0.3) is 16.3 Å². The van der Waals surface area contributed by atoms with Crippen LogP contribution in [0.1, 0.15) is 10.6 Å². The van der Waals surface area contributed by atoms with Gasteiger partial charge in [-0.25, -0.2) is 4.98 Å². The third-order valence-electron chi connectivity index (χ3n) is 5.96. The molecule has 1 N–H and O–H groups in total. The number of methoxy groups -OCH3 is 1. The van der Waals surface area contributed by atoms with Crippen LogP contribution >= 0.6 is 58.4 Å². The van der Waals surface area contributed by atoms with E-state index in [9.17, 15) is 9.59 Å². The van der Waals surface area contributed by atoms with Gasteiger partial charge in [0.25, 0.3) is 11.8 Å². The smallest absolute Gasteiger partial charge is 0.270 e. The second kappa shape index (κ2) is 13.2. The lowest BCUT2D eigenvalue weighted by atomic mass is 10.2. The molecule has 1 aliphatic heterocycles. The summed E-state index contributed by atoms with van der Waals surface area (Å²) in [4.78, 5) is 32.2. The maximum atomic E-state index is 13.0. The number of rotatable bonds is 10. The Kier molecular flexibility index (Phi) is 9.00. The van der Waals surface area contributed by atoms with Gasteiger partial charge in [-0.15, -0.1) is 21.5 Å². The SMILES string of the molecule is COc1cc(/C=C2\SC(=S)N(c3ccccc3)C2=O)ccc1OCC(=O)Nc1nnc(CSc2nc3ccccc3s2)s1. The summed E-state index contributed by atoms with van der Waals surface area (Å²) in [7, 11) is 1.51. The van der Waals surface area contributed by atoms with Gasteiger partial charge in [-0.05, 0) is 48.0 Å².